The number of hydrogen-bond acceptors (Lipinski definition) is 5. The number of sulfone groups is 1. The fourth-order valence-corrected chi connectivity index (χ4v) is 6.24. The summed E-state index contributed by atoms with van der Waals surface area (Å²) in [6, 6.07) is 3.94. The average Bonchev–Trinajstić information content (AvgIpc) is 3.31. The standard InChI is InChI=1S/C19H28N4O3S2/c1-13-17(15(3)23(21-13)16-7-9-28(25,26)12-16)10-22(4)11-19(24)20-14(2)18-6-5-8-27-18/h5-6,8,14,16H,7,9-12H2,1-4H3,(H,20,24)/p+1/t14-,16+/m0/s1. The van der Waals surface area contributed by atoms with Crippen molar-refractivity contribution < 1.29 is 18.1 Å². The molecule has 0 radical (unpaired) electrons. The topological polar surface area (TPSA) is 85.5 Å². The Morgan fingerprint density at radius 2 is 2.21 bits per heavy atom. The van der Waals surface area contributed by atoms with Crippen molar-refractivity contribution in [1.29, 1.82) is 0 Å². The maximum atomic E-state index is 12.4. The summed E-state index contributed by atoms with van der Waals surface area (Å²) in [5.41, 5.74) is 3.01. The third-order valence-corrected chi connectivity index (χ3v) is 8.12. The summed E-state index contributed by atoms with van der Waals surface area (Å²) in [7, 11) is -0.960. The number of likely N-dealkylation sites (N-methyl/N-ethyl adjacent to an activating group) is 1. The monoisotopic (exact) mass is 425 g/mol. The molecule has 1 saturated heterocycles. The number of aryl methyl sites for hydroxylation is 1. The Morgan fingerprint density at radius 3 is 2.82 bits per heavy atom. The van der Waals surface area contributed by atoms with Crippen LogP contribution in [0.3, 0.4) is 0 Å². The summed E-state index contributed by atoms with van der Waals surface area (Å²) in [5.74, 6) is 0.419. The molecule has 1 aliphatic rings. The van der Waals surface area contributed by atoms with E-state index >= 15 is 0 Å². The summed E-state index contributed by atoms with van der Waals surface area (Å²) >= 11 is 1.64. The van der Waals surface area contributed by atoms with E-state index in [2.05, 4.69) is 10.4 Å². The number of carbonyl (C=O) groups excluding carboxylic acids is 1. The maximum absolute atomic E-state index is 12.4. The van der Waals surface area contributed by atoms with Gasteiger partial charge in [-0.25, -0.2) is 8.42 Å². The zero-order valence-corrected chi connectivity index (χ0v) is 18.5. The minimum atomic E-state index is -2.95. The average molecular weight is 426 g/mol. The first kappa shape index (κ1) is 21.0. The van der Waals surface area contributed by atoms with Crippen LogP contribution >= 0.6 is 11.3 Å². The molecule has 3 heterocycles. The van der Waals surface area contributed by atoms with Gasteiger partial charge < -0.3 is 10.2 Å². The summed E-state index contributed by atoms with van der Waals surface area (Å²) in [4.78, 5) is 14.6. The van der Waals surface area contributed by atoms with Gasteiger partial charge in [0.1, 0.15) is 6.54 Å². The van der Waals surface area contributed by atoms with Gasteiger partial charge in [-0.1, -0.05) is 6.07 Å². The van der Waals surface area contributed by atoms with Crippen molar-refractivity contribution in [3.05, 3.63) is 39.3 Å². The van der Waals surface area contributed by atoms with Crippen LogP contribution in [-0.4, -0.2) is 49.2 Å². The van der Waals surface area contributed by atoms with E-state index in [1.165, 1.54) is 0 Å². The number of rotatable bonds is 7. The van der Waals surface area contributed by atoms with E-state index in [4.69, 9.17) is 0 Å². The quantitative estimate of drug-likeness (QED) is 0.688. The Balaban J connectivity index is 1.61. The third kappa shape index (κ3) is 4.82. The molecule has 2 aromatic rings. The molecule has 0 saturated carbocycles. The van der Waals surface area contributed by atoms with Crippen molar-refractivity contribution in [3.8, 4) is 0 Å². The number of nitrogens with zero attached hydrogens (tertiary/aromatic N) is 2. The van der Waals surface area contributed by atoms with Gasteiger partial charge >= 0.3 is 0 Å². The molecule has 28 heavy (non-hydrogen) atoms. The second-order valence-corrected chi connectivity index (χ2v) is 11.0. The Kier molecular flexibility index (Phi) is 6.26. The van der Waals surface area contributed by atoms with Crippen LogP contribution in [0.15, 0.2) is 17.5 Å². The third-order valence-electron chi connectivity index (χ3n) is 5.32. The SMILES string of the molecule is Cc1nn([C@@H]2CCS(=O)(=O)C2)c(C)c1C[NH+](C)CC(=O)N[C@@H](C)c1cccs1. The van der Waals surface area contributed by atoms with Gasteiger partial charge in [0.15, 0.2) is 16.4 Å². The van der Waals surface area contributed by atoms with Crippen LogP contribution in [0.2, 0.25) is 0 Å². The minimum absolute atomic E-state index is 0.0100. The van der Waals surface area contributed by atoms with Gasteiger partial charge in [-0.05, 0) is 38.6 Å². The Morgan fingerprint density at radius 1 is 1.46 bits per heavy atom. The number of aromatic nitrogens is 2. The summed E-state index contributed by atoms with van der Waals surface area (Å²) in [6.45, 7) is 6.99. The number of quaternary nitrogens is 1. The van der Waals surface area contributed by atoms with Crippen LogP contribution in [0.1, 0.15) is 47.3 Å². The molecule has 2 aromatic heterocycles. The predicted molar refractivity (Wildman–Crippen MR) is 110 cm³/mol. The molecule has 0 aromatic carbocycles. The van der Waals surface area contributed by atoms with Crippen molar-refractivity contribution >= 4 is 27.1 Å². The van der Waals surface area contributed by atoms with Crippen LogP contribution in [0.5, 0.6) is 0 Å². The summed E-state index contributed by atoms with van der Waals surface area (Å²) in [6.07, 6.45) is 0.620. The van der Waals surface area contributed by atoms with Crippen LogP contribution < -0.4 is 10.2 Å². The van der Waals surface area contributed by atoms with Gasteiger partial charge in [-0.15, -0.1) is 11.3 Å². The molecule has 7 nitrogen and oxygen atoms in total. The van der Waals surface area contributed by atoms with Gasteiger partial charge in [0.05, 0.1) is 41.9 Å². The second-order valence-electron chi connectivity index (χ2n) is 7.77. The Labute approximate surface area is 170 Å². The molecule has 1 aliphatic heterocycles. The van der Waals surface area contributed by atoms with E-state index < -0.39 is 9.84 Å². The number of nitrogens with one attached hydrogen (secondary N) is 2. The lowest BCUT2D eigenvalue weighted by Gasteiger charge is -2.17. The van der Waals surface area contributed by atoms with Crippen molar-refractivity contribution in [1.82, 2.24) is 15.1 Å². The van der Waals surface area contributed by atoms with E-state index in [1.807, 2.05) is 50.0 Å². The summed E-state index contributed by atoms with van der Waals surface area (Å²) in [5, 5.41) is 9.67. The Hall–Kier alpha value is -1.71. The van der Waals surface area contributed by atoms with Crippen molar-refractivity contribution in [3.63, 3.8) is 0 Å². The molecular formula is C19H29N4O3S2+. The molecule has 1 unspecified atom stereocenters. The second kappa shape index (κ2) is 8.34. The van der Waals surface area contributed by atoms with Gasteiger partial charge in [-0.3, -0.25) is 9.48 Å². The van der Waals surface area contributed by atoms with Crippen LogP contribution in [0, 0.1) is 13.8 Å². The normalized spacial score (nSPS) is 20.8. The predicted octanol–water partition coefficient (Wildman–Crippen LogP) is 0.813. The number of carbonyl (C=O) groups is 1. The lowest BCUT2D eigenvalue weighted by Crippen LogP contribution is -3.09. The molecule has 2 N–H and O–H groups in total. The van der Waals surface area contributed by atoms with E-state index in [9.17, 15) is 13.2 Å². The van der Waals surface area contributed by atoms with Crippen LogP contribution in [0.25, 0.3) is 0 Å². The van der Waals surface area contributed by atoms with Crippen molar-refractivity contribution in [2.75, 3.05) is 25.1 Å². The van der Waals surface area contributed by atoms with Gasteiger partial charge in [0.25, 0.3) is 5.91 Å². The fraction of sp³-hybridized carbons (Fsp3) is 0.579. The highest BCUT2D eigenvalue weighted by molar-refractivity contribution is 7.91. The number of thiophene rings is 1. The fourth-order valence-electron chi connectivity index (χ4n) is 3.82. The van der Waals surface area contributed by atoms with Crippen LogP contribution in [-0.2, 0) is 21.2 Å². The van der Waals surface area contributed by atoms with E-state index in [1.54, 1.807) is 11.3 Å². The largest absolute Gasteiger partial charge is 0.344 e. The molecule has 3 atom stereocenters. The minimum Gasteiger partial charge on any atom is -0.344 e. The van der Waals surface area contributed by atoms with Gasteiger partial charge in [0, 0.05) is 10.6 Å². The molecule has 9 heteroatoms. The van der Waals surface area contributed by atoms with E-state index in [-0.39, 0.29) is 29.5 Å². The highest BCUT2D eigenvalue weighted by atomic mass is 32.2. The first-order chi connectivity index (χ1) is 13.2. The maximum Gasteiger partial charge on any atom is 0.275 e. The first-order valence-corrected chi connectivity index (χ1v) is 12.3. The molecule has 3 rings (SSSR count). The molecule has 1 amide bonds. The lowest BCUT2D eigenvalue weighted by atomic mass is 10.1. The molecule has 0 aliphatic carbocycles. The van der Waals surface area contributed by atoms with Crippen molar-refractivity contribution in [2.24, 2.45) is 0 Å². The number of hydrogen-bond donors (Lipinski definition) is 2. The zero-order chi connectivity index (χ0) is 20.5. The van der Waals surface area contributed by atoms with E-state index in [0.29, 0.717) is 19.5 Å². The summed E-state index contributed by atoms with van der Waals surface area (Å²) < 4.78 is 25.5. The van der Waals surface area contributed by atoms with Crippen LogP contribution in [0.4, 0.5) is 0 Å². The number of amides is 1. The molecular weight excluding hydrogens is 396 g/mol. The lowest BCUT2D eigenvalue weighted by molar-refractivity contribution is -0.885. The molecule has 0 bridgehead atoms. The zero-order valence-electron chi connectivity index (χ0n) is 16.9. The highest BCUT2D eigenvalue weighted by Gasteiger charge is 2.32. The highest BCUT2D eigenvalue weighted by Crippen LogP contribution is 2.26. The van der Waals surface area contributed by atoms with Crippen molar-refractivity contribution in [2.45, 2.75) is 45.8 Å². The van der Waals surface area contributed by atoms with Gasteiger partial charge in [0.2, 0.25) is 0 Å². The molecule has 154 valence electrons. The van der Waals surface area contributed by atoms with E-state index in [0.717, 1.165) is 26.7 Å². The molecule has 0 spiro atoms. The van der Waals surface area contributed by atoms with Gasteiger partial charge in [-0.2, -0.15) is 5.10 Å². The first-order valence-electron chi connectivity index (χ1n) is 9.55. The smallest absolute Gasteiger partial charge is 0.275 e. The molecule has 1 fully saturated rings. The Bertz CT molecular complexity index is 935.